The van der Waals surface area contributed by atoms with Gasteiger partial charge >= 0.3 is 24.5 Å². The van der Waals surface area contributed by atoms with Crippen molar-refractivity contribution < 1.29 is 73.6 Å². The number of aromatic nitrogens is 3. The summed E-state index contributed by atoms with van der Waals surface area (Å²) in [6, 6.07) is 7.69. The minimum Gasteiger partial charge on any atom is -0.453 e. The number of hydrogen-bond acceptors (Lipinski definition) is 14. The Hall–Kier alpha value is -7.21. The first-order valence-corrected chi connectivity index (χ1v) is 24.0. The van der Waals surface area contributed by atoms with Crippen molar-refractivity contribution in [2.24, 2.45) is 10.8 Å². The van der Waals surface area contributed by atoms with Crippen LogP contribution in [0, 0.1) is 34.3 Å². The van der Waals surface area contributed by atoms with Crippen molar-refractivity contribution >= 4 is 29.8 Å². The van der Waals surface area contributed by atoms with E-state index < -0.39 is 108 Å². The van der Waals surface area contributed by atoms with Gasteiger partial charge in [0.05, 0.1) is 62.5 Å². The number of carbonyl (C=O) groups is 4. The molecule has 3 aliphatic heterocycles. The number of nitrogens with zero attached hydrogens (tertiary/aromatic N) is 6. The molecule has 0 aliphatic carbocycles. The number of aliphatic hydroxyl groups is 1. The highest BCUT2D eigenvalue weighted by molar-refractivity contribution is 5.87. The van der Waals surface area contributed by atoms with Gasteiger partial charge < -0.3 is 40.2 Å². The average molecular weight is 1090 g/mol. The Balaban J connectivity index is 1.17. The van der Waals surface area contributed by atoms with Crippen LogP contribution in [0.25, 0.3) is 11.4 Å². The quantitative estimate of drug-likeness (QED) is 0.0503. The third-order valence-corrected chi connectivity index (χ3v) is 14.1. The number of nitrogens with one attached hydrogen (secondary N) is 4. The summed E-state index contributed by atoms with van der Waals surface area (Å²) in [5.74, 6) is 1.08. The lowest BCUT2D eigenvalue weighted by molar-refractivity contribution is -0.221. The van der Waals surface area contributed by atoms with Gasteiger partial charge in [0.2, 0.25) is 5.91 Å². The molecule has 2 unspecified atom stereocenters. The number of rotatable bonds is 18. The first-order chi connectivity index (χ1) is 36.2. The molecule has 2 aromatic heterocycles. The van der Waals surface area contributed by atoms with Crippen LogP contribution >= 0.6 is 0 Å². The third-order valence-electron chi connectivity index (χ3n) is 14.1. The van der Waals surface area contributed by atoms with E-state index in [1.807, 2.05) is 22.8 Å². The number of piperazine rings is 1. The van der Waals surface area contributed by atoms with Crippen molar-refractivity contribution in [3.8, 4) is 23.2 Å². The van der Waals surface area contributed by atoms with Crippen LogP contribution in [0.5, 0.6) is 0 Å². The number of likely N-dealkylation sites (tertiary alicyclic amines) is 1. The molecule has 0 bridgehead atoms. The maximum Gasteiger partial charge on any atom is 0.407 e. The number of methoxy groups -OCH3 is 2. The van der Waals surface area contributed by atoms with E-state index in [2.05, 4.69) is 56.8 Å². The fraction of sp³-hybridized carbons (Fsp3) is 0.471. The summed E-state index contributed by atoms with van der Waals surface area (Å²) in [5, 5.41) is 18.6. The standard InChI is InChI=1S/C51H56F8N10O8/c1-48(2,50(54,55)56)41(64-46(73)75-5)44(71)63-36(18-29-11-8-28(9-12-29)10-13-30-14-15-40(62-21-30)69-24-37-38(69)23-68(37)32-26-77-27-32)39(70)25-67(66-45(72)42(65-47(74)76-6)49(3,4)51(57,58)59)22-33-34(52)19-31(20-35(33)53)43-60-16-7-17-61-43/h7-9,11-12,14-17,19-21,32,36-39,41-42,70H,18,22-27H2,1-6H3,(H,63,71)(H,64,73)(H,65,74)(H,66,72)/t36-,37?,38-,39-,41?,42+/m0/s1. The SMILES string of the molecule is COC(=O)NC(C(=O)N[C@@H](Cc1ccc(C#Cc2ccc(N3CC4[C@@H]3CN4C3COC3)nc2)cc1)[C@@H](O)CN(Cc1c(F)cc(-c2ncccn2)cc1F)NC(=O)[C@@H](NC(=O)OC)C(C)(C)C(F)(F)F)C(C)(C)C(F)(F)F. The van der Waals surface area contributed by atoms with Gasteiger partial charge in [-0.15, -0.1) is 0 Å². The van der Waals surface area contributed by atoms with Crippen LogP contribution < -0.4 is 26.3 Å². The lowest BCUT2D eigenvalue weighted by atomic mass is 9.82. The molecule has 5 N–H and O–H groups in total. The van der Waals surface area contributed by atoms with Gasteiger partial charge in [-0.05, 0) is 82.1 Å². The van der Waals surface area contributed by atoms with E-state index in [1.165, 1.54) is 30.6 Å². The molecule has 5 heterocycles. The zero-order valence-electron chi connectivity index (χ0n) is 42.4. The molecule has 6 atom stereocenters. The zero-order valence-corrected chi connectivity index (χ0v) is 42.4. The molecule has 3 aliphatic rings. The van der Waals surface area contributed by atoms with Crippen molar-refractivity contribution in [1.29, 1.82) is 0 Å². The summed E-state index contributed by atoms with van der Waals surface area (Å²) in [4.78, 5) is 70.0. The second-order valence-corrected chi connectivity index (χ2v) is 19.8. The number of pyridine rings is 1. The summed E-state index contributed by atoms with van der Waals surface area (Å²) in [5.41, 5.74) is -3.55. The molecule has 0 saturated carbocycles. The Labute approximate surface area is 437 Å². The van der Waals surface area contributed by atoms with E-state index in [0.29, 0.717) is 67.5 Å². The summed E-state index contributed by atoms with van der Waals surface area (Å²) in [6.45, 7) is 3.61. The molecule has 414 valence electrons. The largest absolute Gasteiger partial charge is 0.453 e. The lowest BCUT2D eigenvalue weighted by Gasteiger charge is -2.65. The Bertz CT molecular complexity index is 2810. The number of hydrazine groups is 1. The van der Waals surface area contributed by atoms with Crippen LogP contribution in [0.3, 0.4) is 0 Å². The Morgan fingerprint density at radius 1 is 0.779 bits per heavy atom. The smallest absolute Gasteiger partial charge is 0.407 e. The van der Waals surface area contributed by atoms with Crippen molar-refractivity contribution in [2.75, 3.05) is 52.0 Å². The van der Waals surface area contributed by atoms with Gasteiger partial charge in [0.1, 0.15) is 29.5 Å². The van der Waals surface area contributed by atoms with Gasteiger partial charge in [-0.25, -0.2) is 38.3 Å². The number of carbonyl (C=O) groups excluding carboxylic acids is 4. The molecule has 4 amide bonds. The van der Waals surface area contributed by atoms with E-state index in [1.54, 1.807) is 18.3 Å². The zero-order chi connectivity index (χ0) is 56.2. The number of ether oxygens (including phenoxy) is 3. The fourth-order valence-electron chi connectivity index (χ4n) is 8.76. The maximum atomic E-state index is 16.0. The Morgan fingerprint density at radius 2 is 1.34 bits per heavy atom. The van der Waals surface area contributed by atoms with E-state index >= 15 is 8.78 Å². The summed E-state index contributed by atoms with van der Waals surface area (Å²) < 4.78 is 133. The normalized spacial score (nSPS) is 18.4. The number of alkyl halides is 6. The van der Waals surface area contributed by atoms with Gasteiger partial charge in [-0.2, -0.15) is 26.3 Å². The monoisotopic (exact) mass is 1090 g/mol. The summed E-state index contributed by atoms with van der Waals surface area (Å²) in [7, 11) is 1.65. The first-order valence-electron chi connectivity index (χ1n) is 24.0. The number of amides is 4. The van der Waals surface area contributed by atoms with Crippen LogP contribution in [-0.4, -0.2) is 156 Å². The minimum atomic E-state index is -5.19. The Kier molecular flexibility index (Phi) is 17.3. The van der Waals surface area contributed by atoms with Crippen molar-refractivity contribution in [1.82, 2.24) is 46.2 Å². The predicted molar refractivity (Wildman–Crippen MR) is 259 cm³/mol. The molecule has 26 heteroatoms. The first kappa shape index (κ1) is 57.5. The predicted octanol–water partition coefficient (Wildman–Crippen LogP) is 5.04. The molecule has 4 aromatic rings. The molecule has 2 aromatic carbocycles. The van der Waals surface area contributed by atoms with Crippen LogP contribution in [0.2, 0.25) is 0 Å². The minimum absolute atomic E-state index is 0.0978. The highest BCUT2D eigenvalue weighted by Gasteiger charge is 2.58. The highest BCUT2D eigenvalue weighted by Crippen LogP contribution is 2.42. The lowest BCUT2D eigenvalue weighted by Crippen LogP contribution is -2.82. The van der Waals surface area contributed by atoms with E-state index in [4.69, 9.17) is 4.74 Å². The van der Waals surface area contributed by atoms with Crippen LogP contribution in [-0.2, 0) is 36.8 Å². The number of alkyl carbamates (subject to hydrolysis) is 2. The van der Waals surface area contributed by atoms with Gasteiger partial charge in [0.25, 0.3) is 5.91 Å². The molecule has 0 radical (unpaired) electrons. The highest BCUT2D eigenvalue weighted by atomic mass is 19.4. The van der Waals surface area contributed by atoms with Gasteiger partial charge in [0.15, 0.2) is 5.82 Å². The van der Waals surface area contributed by atoms with Crippen LogP contribution in [0.15, 0.2) is 73.2 Å². The second kappa shape index (κ2) is 23.2. The molecule has 3 fully saturated rings. The van der Waals surface area contributed by atoms with Gasteiger partial charge in [-0.3, -0.25) is 19.9 Å². The van der Waals surface area contributed by atoms with E-state index in [-0.39, 0.29) is 11.4 Å². The number of fused-ring (bicyclic) bond motifs is 1. The van der Waals surface area contributed by atoms with E-state index in [0.717, 1.165) is 58.5 Å². The van der Waals surface area contributed by atoms with E-state index in [9.17, 15) is 50.6 Å². The second-order valence-electron chi connectivity index (χ2n) is 19.8. The van der Waals surface area contributed by atoms with Crippen LogP contribution in [0.4, 0.5) is 50.5 Å². The molecule has 3 saturated heterocycles. The molecular weight excluding hydrogens is 1030 g/mol. The van der Waals surface area contributed by atoms with Crippen molar-refractivity contribution in [3.63, 3.8) is 0 Å². The maximum absolute atomic E-state index is 16.0. The summed E-state index contributed by atoms with van der Waals surface area (Å²) in [6.07, 6.45) is -11.5. The number of benzene rings is 2. The molecule has 18 nitrogen and oxygen atoms in total. The molecular formula is C51H56F8N10O8. The van der Waals surface area contributed by atoms with Gasteiger partial charge in [0, 0.05) is 73.1 Å². The number of halogens is 8. The molecule has 7 rings (SSSR count). The summed E-state index contributed by atoms with van der Waals surface area (Å²) >= 11 is 0. The number of hydrogen-bond donors (Lipinski definition) is 5. The fourth-order valence-corrected chi connectivity index (χ4v) is 8.76. The topological polar surface area (TPSA) is 213 Å². The van der Waals surface area contributed by atoms with Crippen molar-refractivity contribution in [3.05, 3.63) is 107 Å². The van der Waals surface area contributed by atoms with Crippen LogP contribution in [0.1, 0.15) is 49.9 Å². The molecule has 0 spiro atoms. The number of anilines is 1. The van der Waals surface area contributed by atoms with Crippen molar-refractivity contribution in [2.45, 2.75) is 95.4 Å². The molecule has 77 heavy (non-hydrogen) atoms. The van der Waals surface area contributed by atoms with Gasteiger partial charge in [-0.1, -0.05) is 24.0 Å². The number of aliphatic hydroxyl groups excluding tert-OH is 1. The third kappa shape index (κ3) is 13.0. The average Bonchev–Trinajstić information content (AvgIpc) is 3.48. The Morgan fingerprint density at radius 3 is 1.83 bits per heavy atom.